The number of rotatable bonds is 14. The number of hydrogen-bond acceptors (Lipinski definition) is 8. The summed E-state index contributed by atoms with van der Waals surface area (Å²) in [5, 5.41) is 5.28. The first-order valence-electron chi connectivity index (χ1n) is 15.4. The normalized spacial score (nSPS) is 18.4. The zero-order chi connectivity index (χ0) is 31.1. The van der Waals surface area contributed by atoms with Gasteiger partial charge in [0, 0.05) is 31.8 Å². The Bertz CT molecular complexity index is 1640. The van der Waals surface area contributed by atoms with E-state index in [9.17, 15) is 8.78 Å². The lowest BCUT2D eigenvalue weighted by molar-refractivity contribution is -0.958. The van der Waals surface area contributed by atoms with Gasteiger partial charge in [-0.1, -0.05) is 32.4 Å². The molecule has 3 heterocycles. The van der Waals surface area contributed by atoms with Crippen LogP contribution in [0.1, 0.15) is 57.3 Å². The number of alkyl halides is 2. The first kappa shape index (κ1) is 30.3. The van der Waals surface area contributed by atoms with Crippen LogP contribution in [-0.4, -0.2) is 69.8 Å². The number of nitrogens with zero attached hydrogens (tertiary/aromatic N) is 5. The highest BCUT2D eigenvalue weighted by Gasteiger charge is 2.58. The number of hydrogen-bond donors (Lipinski definition) is 1. The van der Waals surface area contributed by atoms with Gasteiger partial charge in [0.05, 0.1) is 20.2 Å². The van der Waals surface area contributed by atoms with E-state index in [1.165, 1.54) is 16.1 Å². The first-order chi connectivity index (χ1) is 21.1. The van der Waals surface area contributed by atoms with Crippen LogP contribution in [0.2, 0.25) is 0 Å². The molecule has 6 rings (SSSR count). The second-order valence-corrected chi connectivity index (χ2v) is 12.4. The summed E-state index contributed by atoms with van der Waals surface area (Å²) in [6.07, 6.45) is 2.80. The predicted octanol–water partition coefficient (Wildman–Crippen LogP) is 5.75. The molecule has 12 heteroatoms. The molecule has 1 aliphatic heterocycles. The number of anilines is 1. The lowest BCUT2D eigenvalue weighted by Crippen LogP contribution is -2.55. The zero-order valence-corrected chi connectivity index (χ0v) is 25.8. The zero-order valence-electron chi connectivity index (χ0n) is 25.8. The van der Waals surface area contributed by atoms with Crippen molar-refractivity contribution in [1.29, 1.82) is 0 Å². The fourth-order valence-electron chi connectivity index (χ4n) is 6.80. The third kappa shape index (κ3) is 5.72. The number of benzene rings is 2. The lowest BCUT2D eigenvalue weighted by atomic mass is 9.87. The van der Waals surface area contributed by atoms with Crippen LogP contribution >= 0.6 is 0 Å². The Labute approximate surface area is 255 Å². The van der Waals surface area contributed by atoms with Crippen molar-refractivity contribution in [2.24, 2.45) is 5.92 Å². The standard InChI is InChI=1S/C32H41F2N6O4/c1-5-15-40(3,31(13-14-31)19-21(6-2)18-22-7-9-23(10-8-22)42-17-16-41-4)20-26-36-29-24-11-12-25-28(44-32(33,34)43-25)27(24)37-30(35)39(29)38-26/h7-12,21H,5-6,13-20H2,1-4H3,(H2,35,37)/q+1. The maximum atomic E-state index is 13.8. The number of aromatic nitrogens is 4. The molecule has 0 bridgehead atoms. The molecule has 4 aromatic rings. The molecular formula is C32H41F2N6O4+. The van der Waals surface area contributed by atoms with Gasteiger partial charge in [-0.25, -0.2) is 9.97 Å². The van der Waals surface area contributed by atoms with Crippen LogP contribution in [0.4, 0.5) is 14.7 Å². The molecule has 0 spiro atoms. The van der Waals surface area contributed by atoms with E-state index < -0.39 is 6.29 Å². The number of quaternary nitrogens is 1. The Morgan fingerprint density at radius 2 is 1.84 bits per heavy atom. The number of ether oxygens (including phenoxy) is 4. The first-order valence-corrected chi connectivity index (χ1v) is 15.4. The molecule has 236 valence electrons. The molecule has 0 amide bonds. The second-order valence-electron chi connectivity index (χ2n) is 12.4. The molecule has 10 nitrogen and oxygen atoms in total. The fraction of sp³-hybridized carbons (Fsp3) is 0.531. The van der Waals surface area contributed by atoms with Gasteiger partial charge in [-0.15, -0.1) is 13.9 Å². The lowest BCUT2D eigenvalue weighted by Gasteiger charge is -2.43. The molecule has 1 saturated carbocycles. The summed E-state index contributed by atoms with van der Waals surface area (Å²) >= 11 is 0. The highest BCUT2D eigenvalue weighted by molar-refractivity contribution is 5.97. The van der Waals surface area contributed by atoms with E-state index >= 15 is 0 Å². The van der Waals surface area contributed by atoms with E-state index in [4.69, 9.17) is 30.0 Å². The molecule has 2 N–H and O–H groups in total. The maximum Gasteiger partial charge on any atom is 0.586 e. The van der Waals surface area contributed by atoms with Crippen LogP contribution in [0.5, 0.6) is 17.2 Å². The molecule has 2 aromatic carbocycles. The molecule has 44 heavy (non-hydrogen) atoms. The largest absolute Gasteiger partial charge is 0.586 e. The van der Waals surface area contributed by atoms with Crippen molar-refractivity contribution in [3.8, 4) is 17.2 Å². The third-order valence-electron chi connectivity index (χ3n) is 9.31. The summed E-state index contributed by atoms with van der Waals surface area (Å²) in [6, 6.07) is 11.5. The summed E-state index contributed by atoms with van der Waals surface area (Å²) in [7, 11) is 3.99. The minimum absolute atomic E-state index is 0.0467. The third-order valence-corrected chi connectivity index (χ3v) is 9.31. The molecule has 0 radical (unpaired) electrons. The Morgan fingerprint density at radius 1 is 1.07 bits per heavy atom. The van der Waals surface area contributed by atoms with Crippen molar-refractivity contribution in [3.05, 3.63) is 47.8 Å². The minimum Gasteiger partial charge on any atom is -0.491 e. The Morgan fingerprint density at radius 3 is 2.52 bits per heavy atom. The van der Waals surface area contributed by atoms with Gasteiger partial charge in [0.25, 0.3) is 0 Å². The highest BCUT2D eigenvalue weighted by atomic mass is 19.3. The Hall–Kier alpha value is -3.77. The van der Waals surface area contributed by atoms with Gasteiger partial charge in [-0.2, -0.15) is 4.52 Å². The van der Waals surface area contributed by atoms with Gasteiger partial charge < -0.3 is 29.2 Å². The monoisotopic (exact) mass is 611 g/mol. The van der Waals surface area contributed by atoms with Crippen molar-refractivity contribution in [2.45, 2.75) is 70.8 Å². The molecule has 2 unspecified atom stereocenters. The average Bonchev–Trinajstić information content (AvgIpc) is 3.54. The van der Waals surface area contributed by atoms with E-state index in [-0.39, 0.29) is 28.5 Å². The molecule has 0 saturated heterocycles. The van der Waals surface area contributed by atoms with Gasteiger partial charge in [0.2, 0.25) is 11.8 Å². The SMILES string of the molecule is CCC[N+](C)(Cc1nc2c3ccc4c(c3nc(N)n2n1)OC(F)(F)O4)C1(CC(CC)Cc2ccc(OCCOC)cc2)CC1. The molecule has 2 atom stereocenters. The molecule has 2 aliphatic rings. The van der Waals surface area contributed by atoms with Gasteiger partial charge in [-0.05, 0) is 48.6 Å². The number of halogens is 2. The van der Waals surface area contributed by atoms with Crippen LogP contribution in [0.15, 0.2) is 36.4 Å². The molecule has 1 aliphatic carbocycles. The average molecular weight is 612 g/mol. The molecular weight excluding hydrogens is 570 g/mol. The van der Waals surface area contributed by atoms with Crippen LogP contribution in [-0.2, 0) is 17.7 Å². The van der Waals surface area contributed by atoms with Crippen molar-refractivity contribution in [3.63, 3.8) is 0 Å². The predicted molar refractivity (Wildman–Crippen MR) is 162 cm³/mol. The Kier molecular flexibility index (Phi) is 8.00. The van der Waals surface area contributed by atoms with Crippen LogP contribution < -0.4 is 19.9 Å². The summed E-state index contributed by atoms with van der Waals surface area (Å²) in [5.41, 5.74) is 8.34. The van der Waals surface area contributed by atoms with Crippen LogP contribution in [0, 0.1) is 5.92 Å². The molecule has 1 fully saturated rings. The summed E-state index contributed by atoms with van der Waals surface area (Å²) in [5.74, 6) is 1.86. The number of nitrogens with two attached hydrogens (primary N) is 1. The van der Waals surface area contributed by atoms with Gasteiger partial charge in [0.15, 0.2) is 17.1 Å². The van der Waals surface area contributed by atoms with Gasteiger partial charge in [-0.3, -0.25) is 0 Å². The van der Waals surface area contributed by atoms with Crippen molar-refractivity contribution < 1.29 is 32.2 Å². The van der Waals surface area contributed by atoms with E-state index in [0.717, 1.165) is 55.3 Å². The topological polar surface area (TPSA) is 106 Å². The number of fused-ring (bicyclic) bond motifs is 5. The summed E-state index contributed by atoms with van der Waals surface area (Å²) < 4.78 is 50.1. The van der Waals surface area contributed by atoms with E-state index in [1.807, 2.05) is 12.1 Å². The van der Waals surface area contributed by atoms with E-state index in [1.54, 1.807) is 13.2 Å². The second kappa shape index (κ2) is 11.6. The summed E-state index contributed by atoms with van der Waals surface area (Å²) in [6.45, 7) is 7.21. The highest BCUT2D eigenvalue weighted by Crippen LogP contribution is 2.52. The summed E-state index contributed by atoms with van der Waals surface area (Å²) in [4.78, 5) is 9.23. The minimum atomic E-state index is -3.76. The van der Waals surface area contributed by atoms with Gasteiger partial charge in [0.1, 0.15) is 30.0 Å². The fourth-order valence-corrected chi connectivity index (χ4v) is 6.80. The number of methoxy groups -OCH3 is 1. The van der Waals surface area contributed by atoms with E-state index in [0.29, 0.717) is 42.5 Å². The Balaban J connectivity index is 1.23. The van der Waals surface area contributed by atoms with Gasteiger partial charge >= 0.3 is 6.29 Å². The van der Waals surface area contributed by atoms with E-state index in [2.05, 4.69) is 42.7 Å². The van der Waals surface area contributed by atoms with Crippen molar-refractivity contribution >= 4 is 22.5 Å². The van der Waals surface area contributed by atoms with Crippen LogP contribution in [0.3, 0.4) is 0 Å². The van der Waals surface area contributed by atoms with Crippen molar-refractivity contribution in [1.82, 2.24) is 19.6 Å². The maximum absolute atomic E-state index is 13.8. The number of nitrogen functional groups attached to an aromatic ring is 1. The molecule has 2 aromatic heterocycles. The van der Waals surface area contributed by atoms with Crippen molar-refractivity contribution in [2.75, 3.05) is 39.6 Å². The quantitative estimate of drug-likeness (QED) is 0.142. The smallest absolute Gasteiger partial charge is 0.491 e. The van der Waals surface area contributed by atoms with Crippen LogP contribution in [0.25, 0.3) is 16.6 Å².